The van der Waals surface area contributed by atoms with Crippen LogP contribution in [0.15, 0.2) is 24.3 Å². The first kappa shape index (κ1) is 14.9. The van der Waals surface area contributed by atoms with Crippen molar-refractivity contribution in [2.75, 3.05) is 13.6 Å². The summed E-state index contributed by atoms with van der Waals surface area (Å²) in [4.78, 5) is 18.5. The third kappa shape index (κ3) is 2.95. The van der Waals surface area contributed by atoms with E-state index in [0.29, 0.717) is 34.6 Å². The Labute approximate surface area is 128 Å². The Kier molecular flexibility index (Phi) is 3.83. The van der Waals surface area contributed by atoms with Crippen molar-refractivity contribution < 1.29 is 14.3 Å². The number of rotatable bonds is 4. The predicted molar refractivity (Wildman–Crippen MR) is 82.1 cm³/mol. The first-order chi connectivity index (χ1) is 10.5. The number of fused-ring (bicyclic) bond motifs is 1. The molecule has 5 heteroatoms. The summed E-state index contributed by atoms with van der Waals surface area (Å²) in [5, 5.41) is 10.6. The van der Waals surface area contributed by atoms with Crippen LogP contribution < -0.4 is 0 Å². The molecular weight excluding hydrogens is 283 g/mol. The number of aliphatic hydroxyl groups excluding tert-OH is 1. The Balaban J connectivity index is 1.92. The van der Waals surface area contributed by atoms with Gasteiger partial charge in [-0.2, -0.15) is 0 Å². The normalized spacial score (nSPS) is 15.8. The van der Waals surface area contributed by atoms with E-state index in [1.54, 1.807) is 26.1 Å². The van der Waals surface area contributed by atoms with Crippen molar-refractivity contribution in [3.8, 4) is 0 Å². The second-order valence-corrected chi connectivity index (χ2v) is 6.06. The summed E-state index contributed by atoms with van der Waals surface area (Å²) in [6.45, 7) is 2.09. The Morgan fingerprint density at radius 1 is 1.45 bits per heavy atom. The topological polar surface area (TPSA) is 53.4 Å². The highest BCUT2D eigenvalue weighted by Crippen LogP contribution is 2.33. The molecule has 0 aliphatic heterocycles. The number of nitrogens with zero attached hydrogens (tertiary/aromatic N) is 2. The lowest BCUT2D eigenvalue weighted by Crippen LogP contribution is -2.35. The molecular formula is C17H19FN2O2. The van der Waals surface area contributed by atoms with Crippen LogP contribution in [0.1, 0.15) is 28.9 Å². The lowest BCUT2D eigenvalue weighted by atomic mass is 10.1. The van der Waals surface area contributed by atoms with Gasteiger partial charge in [-0.1, -0.05) is 0 Å². The van der Waals surface area contributed by atoms with Gasteiger partial charge in [0, 0.05) is 30.7 Å². The highest BCUT2D eigenvalue weighted by Gasteiger charge is 2.31. The number of aliphatic hydroxyl groups is 1. The predicted octanol–water partition coefficient (Wildman–Crippen LogP) is 2.53. The average molecular weight is 302 g/mol. The van der Waals surface area contributed by atoms with E-state index in [2.05, 4.69) is 4.98 Å². The maximum atomic E-state index is 13.4. The summed E-state index contributed by atoms with van der Waals surface area (Å²) in [5.41, 5.74) is 1.63. The van der Waals surface area contributed by atoms with Gasteiger partial charge in [0.05, 0.1) is 17.2 Å². The molecule has 0 bridgehead atoms. The average Bonchev–Trinajstić information content (AvgIpc) is 3.29. The molecule has 1 aromatic heterocycles. The number of amides is 1. The molecule has 1 saturated carbocycles. The number of aryl methyl sites for hydroxylation is 1. The SMILES string of the molecule is Cc1cc(C(=O)N(C)CC(O)C2CC2)c2ccc(F)cc2n1. The molecule has 3 rings (SSSR count). The van der Waals surface area contributed by atoms with Crippen LogP contribution in [0.3, 0.4) is 0 Å². The molecule has 2 aromatic rings. The molecule has 22 heavy (non-hydrogen) atoms. The van der Waals surface area contributed by atoms with E-state index < -0.39 is 6.10 Å². The van der Waals surface area contributed by atoms with Crippen LogP contribution in [0, 0.1) is 18.7 Å². The van der Waals surface area contributed by atoms with Gasteiger partial charge in [-0.25, -0.2) is 4.39 Å². The number of halogens is 1. The Bertz CT molecular complexity index is 723. The number of likely N-dealkylation sites (N-methyl/N-ethyl adjacent to an activating group) is 1. The lowest BCUT2D eigenvalue weighted by Gasteiger charge is -2.21. The van der Waals surface area contributed by atoms with Crippen LogP contribution in [-0.4, -0.2) is 40.6 Å². The number of aromatic nitrogens is 1. The van der Waals surface area contributed by atoms with E-state index >= 15 is 0 Å². The highest BCUT2D eigenvalue weighted by atomic mass is 19.1. The lowest BCUT2D eigenvalue weighted by molar-refractivity contribution is 0.0647. The molecule has 0 radical (unpaired) electrons. The molecule has 1 amide bonds. The van der Waals surface area contributed by atoms with Gasteiger partial charge in [-0.05, 0) is 43.9 Å². The molecule has 4 nitrogen and oxygen atoms in total. The summed E-state index contributed by atoms with van der Waals surface area (Å²) in [6.07, 6.45) is 1.58. The van der Waals surface area contributed by atoms with Gasteiger partial charge < -0.3 is 10.0 Å². The van der Waals surface area contributed by atoms with Crippen molar-refractivity contribution in [2.24, 2.45) is 5.92 Å². The fraction of sp³-hybridized carbons (Fsp3) is 0.412. The number of hydrogen-bond donors (Lipinski definition) is 1. The number of carbonyl (C=O) groups excluding carboxylic acids is 1. The number of pyridine rings is 1. The van der Waals surface area contributed by atoms with E-state index in [0.717, 1.165) is 12.8 Å². The van der Waals surface area contributed by atoms with E-state index in [-0.39, 0.29) is 11.7 Å². The van der Waals surface area contributed by atoms with Crippen molar-refractivity contribution in [1.29, 1.82) is 0 Å². The molecule has 1 aliphatic carbocycles. The summed E-state index contributed by atoms with van der Waals surface area (Å²) in [6, 6.07) is 5.95. The maximum Gasteiger partial charge on any atom is 0.254 e. The number of benzene rings is 1. The zero-order chi connectivity index (χ0) is 15.9. The van der Waals surface area contributed by atoms with Gasteiger partial charge in [0.25, 0.3) is 5.91 Å². The zero-order valence-electron chi connectivity index (χ0n) is 12.7. The van der Waals surface area contributed by atoms with E-state index in [4.69, 9.17) is 0 Å². The van der Waals surface area contributed by atoms with Crippen molar-refractivity contribution in [3.05, 3.63) is 41.3 Å². The molecule has 0 spiro atoms. The van der Waals surface area contributed by atoms with Gasteiger partial charge >= 0.3 is 0 Å². The second kappa shape index (κ2) is 5.65. The minimum absolute atomic E-state index is 0.179. The first-order valence-corrected chi connectivity index (χ1v) is 7.46. The highest BCUT2D eigenvalue weighted by molar-refractivity contribution is 6.06. The van der Waals surface area contributed by atoms with Gasteiger partial charge in [-0.3, -0.25) is 9.78 Å². The molecule has 116 valence electrons. The monoisotopic (exact) mass is 302 g/mol. The van der Waals surface area contributed by atoms with Crippen molar-refractivity contribution in [3.63, 3.8) is 0 Å². The Hall–Kier alpha value is -2.01. The van der Waals surface area contributed by atoms with Crippen LogP contribution >= 0.6 is 0 Å². The number of carbonyl (C=O) groups is 1. The van der Waals surface area contributed by atoms with Crippen LogP contribution in [0.5, 0.6) is 0 Å². The molecule has 0 saturated heterocycles. The van der Waals surface area contributed by atoms with Crippen LogP contribution in [0.25, 0.3) is 10.9 Å². The van der Waals surface area contributed by atoms with Gasteiger partial charge in [-0.15, -0.1) is 0 Å². The van der Waals surface area contributed by atoms with Gasteiger partial charge in [0.15, 0.2) is 0 Å². The third-order valence-electron chi connectivity index (χ3n) is 4.10. The molecule has 1 heterocycles. The van der Waals surface area contributed by atoms with Crippen LogP contribution in [0.4, 0.5) is 4.39 Å². The van der Waals surface area contributed by atoms with E-state index in [1.807, 2.05) is 0 Å². The minimum Gasteiger partial charge on any atom is -0.391 e. The summed E-state index contributed by atoms with van der Waals surface area (Å²) in [7, 11) is 1.68. The first-order valence-electron chi connectivity index (χ1n) is 7.46. The molecule has 1 N–H and O–H groups in total. The fourth-order valence-electron chi connectivity index (χ4n) is 2.71. The zero-order valence-corrected chi connectivity index (χ0v) is 12.7. The Morgan fingerprint density at radius 3 is 2.86 bits per heavy atom. The standard InChI is InChI=1S/C17H19FN2O2/c1-10-7-14(13-6-5-12(18)8-15(13)19-10)17(22)20(2)9-16(21)11-3-4-11/h5-8,11,16,21H,3-4,9H2,1-2H3. The molecule has 1 aromatic carbocycles. The molecule has 1 fully saturated rings. The van der Waals surface area contributed by atoms with Crippen LogP contribution in [-0.2, 0) is 0 Å². The van der Waals surface area contributed by atoms with Crippen molar-refractivity contribution in [2.45, 2.75) is 25.9 Å². The second-order valence-electron chi connectivity index (χ2n) is 6.06. The largest absolute Gasteiger partial charge is 0.391 e. The molecule has 1 unspecified atom stereocenters. The quantitative estimate of drug-likeness (QED) is 0.944. The van der Waals surface area contributed by atoms with Gasteiger partial charge in [0.2, 0.25) is 0 Å². The van der Waals surface area contributed by atoms with E-state index in [9.17, 15) is 14.3 Å². The van der Waals surface area contributed by atoms with Crippen LogP contribution in [0.2, 0.25) is 0 Å². The van der Waals surface area contributed by atoms with Crippen molar-refractivity contribution in [1.82, 2.24) is 9.88 Å². The Morgan fingerprint density at radius 2 is 2.18 bits per heavy atom. The van der Waals surface area contributed by atoms with Crippen molar-refractivity contribution >= 4 is 16.8 Å². The summed E-state index contributed by atoms with van der Waals surface area (Å²) >= 11 is 0. The third-order valence-corrected chi connectivity index (χ3v) is 4.10. The molecule has 1 atom stereocenters. The maximum absolute atomic E-state index is 13.4. The summed E-state index contributed by atoms with van der Waals surface area (Å²) < 4.78 is 13.4. The summed E-state index contributed by atoms with van der Waals surface area (Å²) in [5.74, 6) is -0.233. The smallest absolute Gasteiger partial charge is 0.254 e. The van der Waals surface area contributed by atoms with Gasteiger partial charge in [0.1, 0.15) is 5.82 Å². The minimum atomic E-state index is -0.472. The fourth-order valence-corrected chi connectivity index (χ4v) is 2.71. The molecule has 1 aliphatic rings. The van der Waals surface area contributed by atoms with E-state index in [1.165, 1.54) is 17.0 Å². The number of hydrogen-bond acceptors (Lipinski definition) is 3.